The van der Waals surface area contributed by atoms with Crippen molar-refractivity contribution < 1.29 is 19.1 Å². The van der Waals surface area contributed by atoms with Crippen molar-refractivity contribution in [3.8, 4) is 17.6 Å². The first-order valence-corrected chi connectivity index (χ1v) is 12.1. The lowest BCUT2D eigenvalue weighted by Crippen LogP contribution is -2.43. The minimum absolute atomic E-state index is 0.000276. The molecule has 0 saturated heterocycles. The summed E-state index contributed by atoms with van der Waals surface area (Å²) in [5.41, 5.74) is 2.38. The number of carbonyl (C=O) groups excluding carboxylic acids is 2. The average molecular weight is 493 g/mol. The summed E-state index contributed by atoms with van der Waals surface area (Å²) in [7, 11) is 0. The second-order valence-electron chi connectivity index (χ2n) is 8.19. The SMILES string of the molecule is CCCCCN1C(=O)C(C#N)=C(C)/C(=C\c2ccc(OCc3ccc(Cl)cc3)c(OCC)c2)C1=O. The molecular formula is C28H29ClN2O4. The van der Waals surface area contributed by atoms with E-state index in [-0.39, 0.29) is 11.5 Å². The summed E-state index contributed by atoms with van der Waals surface area (Å²) in [4.78, 5) is 27.1. The van der Waals surface area contributed by atoms with E-state index >= 15 is 0 Å². The van der Waals surface area contributed by atoms with E-state index in [4.69, 9.17) is 21.1 Å². The van der Waals surface area contributed by atoms with Gasteiger partial charge in [-0.05, 0) is 67.3 Å². The van der Waals surface area contributed by atoms with Crippen LogP contribution in [0.15, 0.2) is 59.2 Å². The lowest BCUT2D eigenvalue weighted by Gasteiger charge is -2.27. The first-order valence-electron chi connectivity index (χ1n) is 11.7. The molecule has 182 valence electrons. The smallest absolute Gasteiger partial charge is 0.271 e. The van der Waals surface area contributed by atoms with Crippen LogP contribution in [0.2, 0.25) is 5.02 Å². The Bertz CT molecular complexity index is 1190. The van der Waals surface area contributed by atoms with E-state index in [1.165, 1.54) is 4.90 Å². The van der Waals surface area contributed by atoms with E-state index in [9.17, 15) is 14.9 Å². The number of amides is 2. The molecule has 1 aliphatic heterocycles. The zero-order chi connectivity index (χ0) is 25.4. The van der Waals surface area contributed by atoms with Crippen LogP contribution < -0.4 is 9.47 Å². The topological polar surface area (TPSA) is 79.6 Å². The molecule has 2 aromatic carbocycles. The molecule has 0 aromatic heterocycles. The number of carbonyl (C=O) groups is 2. The Morgan fingerprint density at radius 3 is 2.40 bits per heavy atom. The number of hydrogen-bond donors (Lipinski definition) is 0. The fourth-order valence-electron chi connectivity index (χ4n) is 3.76. The third-order valence-corrected chi connectivity index (χ3v) is 5.95. The molecule has 0 unspecified atom stereocenters. The molecule has 0 radical (unpaired) electrons. The monoisotopic (exact) mass is 492 g/mol. The van der Waals surface area contributed by atoms with Gasteiger partial charge in [-0.2, -0.15) is 5.26 Å². The van der Waals surface area contributed by atoms with Crippen LogP contribution in [0.5, 0.6) is 11.5 Å². The summed E-state index contributed by atoms with van der Waals surface area (Å²) >= 11 is 5.95. The highest BCUT2D eigenvalue weighted by atomic mass is 35.5. The molecule has 1 aliphatic rings. The quantitative estimate of drug-likeness (QED) is 0.227. The first kappa shape index (κ1) is 26.1. The van der Waals surface area contributed by atoms with Gasteiger partial charge in [0.1, 0.15) is 18.2 Å². The number of hydrogen-bond acceptors (Lipinski definition) is 5. The van der Waals surface area contributed by atoms with Gasteiger partial charge in [0.2, 0.25) is 0 Å². The summed E-state index contributed by atoms with van der Waals surface area (Å²) in [6.07, 6.45) is 4.26. The number of unbranched alkanes of at least 4 members (excludes halogenated alkanes) is 2. The highest BCUT2D eigenvalue weighted by Gasteiger charge is 2.35. The Kier molecular flexibility index (Phi) is 9.11. The number of nitriles is 1. The van der Waals surface area contributed by atoms with Crippen molar-refractivity contribution in [1.29, 1.82) is 5.26 Å². The summed E-state index contributed by atoms with van der Waals surface area (Å²) in [5, 5.41) is 10.2. The van der Waals surface area contributed by atoms with Gasteiger partial charge in [-0.1, -0.05) is 49.6 Å². The molecule has 1 heterocycles. The molecular weight excluding hydrogens is 464 g/mol. The Morgan fingerprint density at radius 1 is 1.00 bits per heavy atom. The Labute approximate surface area is 211 Å². The van der Waals surface area contributed by atoms with Gasteiger partial charge in [0, 0.05) is 17.1 Å². The minimum Gasteiger partial charge on any atom is -0.490 e. The molecule has 0 aliphatic carbocycles. The largest absolute Gasteiger partial charge is 0.490 e. The van der Waals surface area contributed by atoms with Crippen LogP contribution in [-0.4, -0.2) is 29.9 Å². The number of nitrogens with zero attached hydrogens (tertiary/aromatic N) is 2. The van der Waals surface area contributed by atoms with Crippen LogP contribution in [-0.2, 0) is 16.2 Å². The van der Waals surface area contributed by atoms with Crippen LogP contribution in [0.4, 0.5) is 0 Å². The van der Waals surface area contributed by atoms with Gasteiger partial charge in [-0.3, -0.25) is 14.5 Å². The fraction of sp³-hybridized carbons (Fsp3) is 0.321. The molecule has 0 bridgehead atoms. The van der Waals surface area contributed by atoms with Crippen molar-refractivity contribution in [2.24, 2.45) is 0 Å². The molecule has 0 atom stereocenters. The maximum absolute atomic E-state index is 13.2. The van der Waals surface area contributed by atoms with Crippen molar-refractivity contribution in [3.63, 3.8) is 0 Å². The highest BCUT2D eigenvalue weighted by Crippen LogP contribution is 2.32. The Hall–Kier alpha value is -3.56. The predicted molar refractivity (Wildman–Crippen MR) is 136 cm³/mol. The van der Waals surface area contributed by atoms with Gasteiger partial charge in [0.25, 0.3) is 11.8 Å². The van der Waals surface area contributed by atoms with Gasteiger partial charge >= 0.3 is 0 Å². The Balaban J connectivity index is 1.90. The molecule has 7 heteroatoms. The first-order chi connectivity index (χ1) is 16.9. The number of imide groups is 1. The standard InChI is InChI=1S/C28H29ClN2O4/c1-4-6-7-14-31-27(32)23(19(3)24(17-30)28(31)33)15-21-10-13-25(26(16-21)34-5-2)35-18-20-8-11-22(29)12-9-20/h8-13,15-16H,4-7,14,18H2,1-3H3/b23-15+. The molecule has 0 saturated carbocycles. The van der Waals surface area contributed by atoms with Gasteiger partial charge in [-0.15, -0.1) is 0 Å². The van der Waals surface area contributed by atoms with E-state index in [2.05, 4.69) is 6.92 Å². The summed E-state index contributed by atoms with van der Waals surface area (Å²) in [6.45, 7) is 6.64. The van der Waals surface area contributed by atoms with E-state index in [0.717, 1.165) is 18.4 Å². The number of rotatable bonds is 10. The number of halogens is 1. The average Bonchev–Trinajstić information content (AvgIpc) is 2.85. The zero-order valence-electron chi connectivity index (χ0n) is 20.3. The van der Waals surface area contributed by atoms with E-state index in [1.807, 2.05) is 43.3 Å². The third kappa shape index (κ3) is 6.32. The van der Waals surface area contributed by atoms with Crippen molar-refractivity contribution in [3.05, 3.63) is 75.3 Å². The lowest BCUT2D eigenvalue weighted by atomic mass is 9.93. The lowest BCUT2D eigenvalue weighted by molar-refractivity contribution is -0.140. The number of ether oxygens (including phenoxy) is 2. The third-order valence-electron chi connectivity index (χ3n) is 5.70. The maximum atomic E-state index is 13.2. The molecule has 0 N–H and O–H groups in total. The maximum Gasteiger partial charge on any atom is 0.271 e. The van der Waals surface area contributed by atoms with Crippen LogP contribution >= 0.6 is 11.6 Å². The van der Waals surface area contributed by atoms with Crippen molar-refractivity contribution in [2.75, 3.05) is 13.2 Å². The van der Waals surface area contributed by atoms with Crippen molar-refractivity contribution in [2.45, 2.75) is 46.6 Å². The molecule has 3 rings (SSSR count). The summed E-state index contributed by atoms with van der Waals surface area (Å²) in [5.74, 6) is 0.199. The molecule has 2 amide bonds. The fourth-order valence-corrected chi connectivity index (χ4v) is 3.89. The normalized spacial score (nSPS) is 14.9. The number of benzene rings is 2. The second-order valence-corrected chi connectivity index (χ2v) is 8.63. The molecule has 0 fully saturated rings. The predicted octanol–water partition coefficient (Wildman–Crippen LogP) is 6.10. The van der Waals surface area contributed by atoms with Gasteiger partial charge in [0.05, 0.1) is 6.61 Å². The molecule has 6 nitrogen and oxygen atoms in total. The van der Waals surface area contributed by atoms with Crippen molar-refractivity contribution >= 4 is 29.5 Å². The van der Waals surface area contributed by atoms with Crippen molar-refractivity contribution in [1.82, 2.24) is 4.90 Å². The van der Waals surface area contributed by atoms with Crippen LogP contribution in [0.25, 0.3) is 6.08 Å². The van der Waals surface area contributed by atoms with E-state index in [1.54, 1.807) is 25.1 Å². The van der Waals surface area contributed by atoms with Gasteiger partial charge < -0.3 is 9.47 Å². The van der Waals surface area contributed by atoms with Gasteiger partial charge in [0.15, 0.2) is 11.5 Å². The Morgan fingerprint density at radius 2 is 1.74 bits per heavy atom. The van der Waals surface area contributed by atoms with E-state index in [0.29, 0.717) is 59.4 Å². The zero-order valence-corrected chi connectivity index (χ0v) is 21.0. The summed E-state index contributed by atoms with van der Waals surface area (Å²) in [6, 6.07) is 14.8. The molecule has 0 spiro atoms. The molecule has 2 aromatic rings. The van der Waals surface area contributed by atoms with E-state index < -0.39 is 5.91 Å². The van der Waals surface area contributed by atoms with Crippen LogP contribution in [0.3, 0.4) is 0 Å². The highest BCUT2D eigenvalue weighted by molar-refractivity contribution is 6.30. The van der Waals surface area contributed by atoms with Gasteiger partial charge in [-0.25, -0.2) is 0 Å². The summed E-state index contributed by atoms with van der Waals surface area (Å²) < 4.78 is 11.7. The van der Waals surface area contributed by atoms with Crippen LogP contribution in [0, 0.1) is 11.3 Å². The molecule has 35 heavy (non-hydrogen) atoms. The van der Waals surface area contributed by atoms with Crippen LogP contribution in [0.1, 0.15) is 51.2 Å². The minimum atomic E-state index is -0.524. The second kappa shape index (κ2) is 12.2.